The standard InChI is InChI=1S/C11H21NO2/c1-4-9(2)7-10(12-3)11-8-13-5-6-14-11/h10-12H,2,4-8H2,1,3H3. The van der Waals surface area contributed by atoms with Crippen LogP contribution < -0.4 is 5.32 Å². The summed E-state index contributed by atoms with van der Waals surface area (Å²) in [5, 5.41) is 3.27. The average Bonchev–Trinajstić information content (AvgIpc) is 2.26. The van der Waals surface area contributed by atoms with Crippen molar-refractivity contribution in [3.63, 3.8) is 0 Å². The van der Waals surface area contributed by atoms with Crippen molar-refractivity contribution in [3.05, 3.63) is 12.2 Å². The first-order chi connectivity index (χ1) is 6.77. The number of hydrogen-bond donors (Lipinski definition) is 1. The Morgan fingerprint density at radius 2 is 2.36 bits per heavy atom. The Balaban J connectivity index is 2.39. The van der Waals surface area contributed by atoms with Gasteiger partial charge in [0.2, 0.25) is 0 Å². The lowest BCUT2D eigenvalue weighted by molar-refractivity contribution is -0.100. The minimum atomic E-state index is 0.178. The van der Waals surface area contributed by atoms with Gasteiger partial charge in [0, 0.05) is 6.04 Å². The zero-order chi connectivity index (χ0) is 10.4. The highest BCUT2D eigenvalue weighted by molar-refractivity contribution is 4.98. The van der Waals surface area contributed by atoms with E-state index in [0.717, 1.165) is 19.4 Å². The van der Waals surface area contributed by atoms with Crippen LogP contribution in [0.2, 0.25) is 0 Å². The van der Waals surface area contributed by atoms with E-state index in [1.54, 1.807) is 0 Å². The SMILES string of the molecule is C=C(CC)CC(NC)C1COCCO1. The number of hydrogen-bond acceptors (Lipinski definition) is 3. The summed E-state index contributed by atoms with van der Waals surface area (Å²) in [5.41, 5.74) is 1.26. The predicted octanol–water partition coefficient (Wildman–Crippen LogP) is 1.35. The van der Waals surface area contributed by atoms with Gasteiger partial charge in [0.05, 0.1) is 25.9 Å². The molecule has 82 valence electrons. The predicted molar refractivity (Wildman–Crippen MR) is 57.5 cm³/mol. The Hall–Kier alpha value is -0.380. The van der Waals surface area contributed by atoms with Crippen LogP contribution in [0.5, 0.6) is 0 Å². The highest BCUT2D eigenvalue weighted by Crippen LogP contribution is 2.14. The molecule has 1 aliphatic heterocycles. The van der Waals surface area contributed by atoms with E-state index in [9.17, 15) is 0 Å². The van der Waals surface area contributed by atoms with E-state index in [1.165, 1.54) is 5.57 Å². The third-order valence-corrected chi connectivity index (χ3v) is 2.67. The topological polar surface area (TPSA) is 30.5 Å². The Labute approximate surface area is 86.5 Å². The molecular weight excluding hydrogens is 178 g/mol. The van der Waals surface area contributed by atoms with Crippen molar-refractivity contribution < 1.29 is 9.47 Å². The number of likely N-dealkylation sites (N-methyl/N-ethyl adjacent to an activating group) is 1. The molecule has 0 saturated carbocycles. The van der Waals surface area contributed by atoms with Gasteiger partial charge in [0.1, 0.15) is 0 Å². The van der Waals surface area contributed by atoms with Crippen LogP contribution in [-0.4, -0.2) is 39.0 Å². The van der Waals surface area contributed by atoms with Gasteiger partial charge in [-0.05, 0) is 19.9 Å². The van der Waals surface area contributed by atoms with Gasteiger partial charge in [-0.1, -0.05) is 19.1 Å². The zero-order valence-corrected chi connectivity index (χ0v) is 9.21. The van der Waals surface area contributed by atoms with Crippen LogP contribution in [0.15, 0.2) is 12.2 Å². The van der Waals surface area contributed by atoms with Crippen molar-refractivity contribution in [2.75, 3.05) is 26.9 Å². The largest absolute Gasteiger partial charge is 0.376 e. The Morgan fingerprint density at radius 1 is 1.57 bits per heavy atom. The summed E-state index contributed by atoms with van der Waals surface area (Å²) in [6.45, 7) is 8.28. The van der Waals surface area contributed by atoms with Crippen molar-refractivity contribution in [2.24, 2.45) is 0 Å². The number of nitrogens with one attached hydrogen (secondary N) is 1. The Kier molecular flexibility index (Phi) is 5.15. The van der Waals surface area contributed by atoms with Crippen LogP contribution in [-0.2, 0) is 9.47 Å². The molecule has 0 aromatic heterocycles. The van der Waals surface area contributed by atoms with E-state index in [2.05, 4.69) is 18.8 Å². The normalized spacial score (nSPS) is 24.6. The third-order valence-electron chi connectivity index (χ3n) is 2.67. The highest BCUT2D eigenvalue weighted by atomic mass is 16.6. The molecule has 2 unspecified atom stereocenters. The van der Waals surface area contributed by atoms with Crippen LogP contribution in [0.4, 0.5) is 0 Å². The van der Waals surface area contributed by atoms with Crippen molar-refractivity contribution in [1.82, 2.24) is 5.32 Å². The zero-order valence-electron chi connectivity index (χ0n) is 9.21. The third kappa shape index (κ3) is 3.40. The molecule has 1 N–H and O–H groups in total. The van der Waals surface area contributed by atoms with Gasteiger partial charge in [0.25, 0.3) is 0 Å². The fourth-order valence-electron chi connectivity index (χ4n) is 1.61. The van der Waals surface area contributed by atoms with Crippen molar-refractivity contribution in [2.45, 2.75) is 31.9 Å². The quantitative estimate of drug-likeness (QED) is 0.678. The second kappa shape index (κ2) is 6.17. The molecular formula is C11H21NO2. The molecule has 3 nitrogen and oxygen atoms in total. The smallest absolute Gasteiger partial charge is 0.0965 e. The van der Waals surface area contributed by atoms with E-state index >= 15 is 0 Å². The molecule has 14 heavy (non-hydrogen) atoms. The maximum absolute atomic E-state index is 5.65. The van der Waals surface area contributed by atoms with Crippen LogP contribution in [0.3, 0.4) is 0 Å². The summed E-state index contributed by atoms with van der Waals surface area (Å²) in [6.07, 6.45) is 2.18. The average molecular weight is 199 g/mol. The summed E-state index contributed by atoms with van der Waals surface area (Å²) in [7, 11) is 1.96. The van der Waals surface area contributed by atoms with Gasteiger partial charge < -0.3 is 14.8 Å². The lowest BCUT2D eigenvalue weighted by Crippen LogP contribution is -2.45. The van der Waals surface area contributed by atoms with Gasteiger partial charge in [-0.25, -0.2) is 0 Å². The van der Waals surface area contributed by atoms with E-state index < -0.39 is 0 Å². The van der Waals surface area contributed by atoms with E-state index in [1.807, 2.05) is 7.05 Å². The van der Waals surface area contributed by atoms with Crippen molar-refractivity contribution in [1.29, 1.82) is 0 Å². The van der Waals surface area contributed by atoms with E-state index in [4.69, 9.17) is 9.47 Å². The number of rotatable bonds is 5. The molecule has 0 radical (unpaired) electrons. The fourth-order valence-corrected chi connectivity index (χ4v) is 1.61. The maximum Gasteiger partial charge on any atom is 0.0965 e. The molecule has 0 amide bonds. The van der Waals surface area contributed by atoms with Crippen molar-refractivity contribution >= 4 is 0 Å². The van der Waals surface area contributed by atoms with Crippen LogP contribution >= 0.6 is 0 Å². The molecule has 2 atom stereocenters. The maximum atomic E-state index is 5.65. The van der Waals surface area contributed by atoms with E-state index in [-0.39, 0.29) is 6.10 Å². The summed E-state index contributed by atoms with van der Waals surface area (Å²) in [5.74, 6) is 0. The Bertz CT molecular complexity index is 176. The first-order valence-corrected chi connectivity index (χ1v) is 5.31. The molecule has 1 aliphatic rings. The van der Waals surface area contributed by atoms with Crippen LogP contribution in [0, 0.1) is 0 Å². The summed E-state index contributed by atoms with van der Waals surface area (Å²) >= 11 is 0. The van der Waals surface area contributed by atoms with Gasteiger partial charge in [-0.15, -0.1) is 0 Å². The molecule has 1 rings (SSSR count). The summed E-state index contributed by atoms with van der Waals surface area (Å²) in [6, 6.07) is 0.336. The monoisotopic (exact) mass is 199 g/mol. The Morgan fingerprint density at radius 3 is 2.86 bits per heavy atom. The lowest BCUT2D eigenvalue weighted by Gasteiger charge is -2.30. The second-order valence-electron chi connectivity index (χ2n) is 3.69. The number of ether oxygens (including phenoxy) is 2. The van der Waals surface area contributed by atoms with Gasteiger partial charge in [-0.2, -0.15) is 0 Å². The second-order valence-corrected chi connectivity index (χ2v) is 3.69. The molecule has 3 heteroatoms. The molecule has 0 aromatic carbocycles. The van der Waals surface area contributed by atoms with Gasteiger partial charge in [0.15, 0.2) is 0 Å². The molecule has 0 aliphatic carbocycles. The van der Waals surface area contributed by atoms with E-state index in [0.29, 0.717) is 19.3 Å². The lowest BCUT2D eigenvalue weighted by atomic mass is 10.0. The van der Waals surface area contributed by atoms with Crippen molar-refractivity contribution in [3.8, 4) is 0 Å². The molecule has 1 heterocycles. The fraction of sp³-hybridized carbons (Fsp3) is 0.818. The first-order valence-electron chi connectivity index (χ1n) is 5.31. The molecule has 1 saturated heterocycles. The highest BCUT2D eigenvalue weighted by Gasteiger charge is 2.23. The van der Waals surface area contributed by atoms with Crippen LogP contribution in [0.1, 0.15) is 19.8 Å². The molecule has 0 aromatic rings. The van der Waals surface area contributed by atoms with Gasteiger partial charge >= 0.3 is 0 Å². The summed E-state index contributed by atoms with van der Waals surface area (Å²) < 4.78 is 11.0. The first kappa shape index (κ1) is 11.7. The minimum absolute atomic E-state index is 0.178. The van der Waals surface area contributed by atoms with Crippen LogP contribution in [0.25, 0.3) is 0 Å². The summed E-state index contributed by atoms with van der Waals surface area (Å²) in [4.78, 5) is 0. The minimum Gasteiger partial charge on any atom is -0.376 e. The molecule has 0 bridgehead atoms. The molecule has 1 fully saturated rings. The molecule has 0 spiro atoms. The van der Waals surface area contributed by atoms with Gasteiger partial charge in [-0.3, -0.25) is 0 Å².